The van der Waals surface area contributed by atoms with Gasteiger partial charge >= 0.3 is 0 Å². The van der Waals surface area contributed by atoms with Gasteiger partial charge in [0.1, 0.15) is 6.04 Å². The van der Waals surface area contributed by atoms with Gasteiger partial charge in [0, 0.05) is 13.1 Å². The Morgan fingerprint density at radius 1 is 1.33 bits per heavy atom. The summed E-state index contributed by atoms with van der Waals surface area (Å²) >= 11 is 0. The third-order valence-electron chi connectivity index (χ3n) is 3.37. The summed E-state index contributed by atoms with van der Waals surface area (Å²) in [6.07, 6.45) is 2.50. The Balaban J connectivity index is 1.93. The van der Waals surface area contributed by atoms with Crippen molar-refractivity contribution < 1.29 is 14.3 Å². The summed E-state index contributed by atoms with van der Waals surface area (Å²) < 4.78 is 4.94. The van der Waals surface area contributed by atoms with Crippen LogP contribution in [-0.4, -0.2) is 48.6 Å². The lowest BCUT2D eigenvalue weighted by Crippen LogP contribution is -2.49. The van der Waals surface area contributed by atoms with E-state index in [2.05, 4.69) is 19.2 Å². The second kappa shape index (κ2) is 5.69. The second-order valence-corrected chi connectivity index (χ2v) is 5.55. The van der Waals surface area contributed by atoms with Crippen LogP contribution in [-0.2, 0) is 14.3 Å². The van der Waals surface area contributed by atoms with E-state index in [1.165, 1.54) is 0 Å². The summed E-state index contributed by atoms with van der Waals surface area (Å²) in [7, 11) is 0. The van der Waals surface area contributed by atoms with Crippen molar-refractivity contribution in [1.82, 2.24) is 10.2 Å². The lowest BCUT2D eigenvalue weighted by Gasteiger charge is -2.25. The van der Waals surface area contributed by atoms with Crippen molar-refractivity contribution >= 4 is 11.8 Å². The number of nitrogens with one attached hydrogen (secondary N) is 1. The average Bonchev–Trinajstić information content (AvgIpc) is 3.03. The standard InChI is InChI=1S/C13H22N2O3/c1-9(2)7-10(14-12(16)11-8-18-11)13(17)15-5-3-4-6-15/h9-11H,3-8H2,1-2H3,(H,14,16)/t10-,11-/m0/s1. The van der Waals surface area contributed by atoms with E-state index in [4.69, 9.17) is 4.74 Å². The minimum atomic E-state index is -0.389. The molecule has 0 saturated carbocycles. The molecule has 1 N–H and O–H groups in total. The molecule has 0 bridgehead atoms. The molecule has 0 unspecified atom stereocenters. The summed E-state index contributed by atoms with van der Waals surface area (Å²) in [5, 5.41) is 2.83. The number of hydrogen-bond acceptors (Lipinski definition) is 3. The Kier molecular flexibility index (Phi) is 4.22. The van der Waals surface area contributed by atoms with Crippen LogP contribution in [0.3, 0.4) is 0 Å². The number of rotatable bonds is 5. The first-order valence-electron chi connectivity index (χ1n) is 6.78. The van der Waals surface area contributed by atoms with Crippen molar-refractivity contribution in [2.24, 2.45) is 5.92 Å². The van der Waals surface area contributed by atoms with Crippen molar-refractivity contribution in [2.45, 2.75) is 45.3 Å². The quantitative estimate of drug-likeness (QED) is 0.728. The van der Waals surface area contributed by atoms with Crippen LogP contribution in [0.15, 0.2) is 0 Å². The Labute approximate surface area is 108 Å². The molecule has 2 heterocycles. The Bertz CT molecular complexity index is 320. The van der Waals surface area contributed by atoms with Crippen molar-refractivity contribution in [3.63, 3.8) is 0 Å². The van der Waals surface area contributed by atoms with Crippen LogP contribution in [0.25, 0.3) is 0 Å². The van der Waals surface area contributed by atoms with Gasteiger partial charge in [-0.1, -0.05) is 13.8 Å². The van der Waals surface area contributed by atoms with E-state index >= 15 is 0 Å². The number of ether oxygens (including phenoxy) is 1. The van der Waals surface area contributed by atoms with Crippen LogP contribution in [0.5, 0.6) is 0 Å². The molecule has 2 fully saturated rings. The molecule has 5 nitrogen and oxygen atoms in total. The molecule has 2 rings (SSSR count). The van der Waals surface area contributed by atoms with Crippen LogP contribution in [0.1, 0.15) is 33.1 Å². The number of carbonyl (C=O) groups excluding carboxylic acids is 2. The molecular formula is C13H22N2O3. The van der Waals surface area contributed by atoms with Gasteiger partial charge in [0.25, 0.3) is 5.91 Å². The molecular weight excluding hydrogens is 232 g/mol. The highest BCUT2D eigenvalue weighted by atomic mass is 16.6. The lowest BCUT2D eigenvalue weighted by molar-refractivity contribution is -0.136. The maximum Gasteiger partial charge on any atom is 0.252 e. The monoisotopic (exact) mass is 254 g/mol. The topological polar surface area (TPSA) is 61.9 Å². The molecule has 5 heteroatoms. The van der Waals surface area contributed by atoms with Crippen molar-refractivity contribution in [3.8, 4) is 0 Å². The van der Waals surface area contributed by atoms with E-state index in [-0.39, 0.29) is 24.0 Å². The molecule has 2 atom stereocenters. The van der Waals surface area contributed by atoms with E-state index in [0.717, 1.165) is 25.9 Å². The van der Waals surface area contributed by atoms with Gasteiger partial charge in [0.2, 0.25) is 5.91 Å². The maximum absolute atomic E-state index is 12.3. The molecule has 0 aromatic rings. The average molecular weight is 254 g/mol. The number of carbonyl (C=O) groups is 2. The molecule has 0 spiro atoms. The van der Waals surface area contributed by atoms with Gasteiger partial charge in [-0.05, 0) is 25.2 Å². The first-order valence-corrected chi connectivity index (χ1v) is 6.78. The van der Waals surface area contributed by atoms with Crippen LogP contribution in [0, 0.1) is 5.92 Å². The van der Waals surface area contributed by atoms with Gasteiger partial charge in [-0.2, -0.15) is 0 Å². The Morgan fingerprint density at radius 2 is 1.94 bits per heavy atom. The highest BCUT2D eigenvalue weighted by molar-refractivity contribution is 5.90. The van der Waals surface area contributed by atoms with E-state index in [1.54, 1.807) is 0 Å². The van der Waals surface area contributed by atoms with Gasteiger partial charge in [0.15, 0.2) is 6.10 Å². The number of nitrogens with zero attached hydrogens (tertiary/aromatic N) is 1. The summed E-state index contributed by atoms with van der Waals surface area (Å²) in [6.45, 7) is 6.25. The van der Waals surface area contributed by atoms with E-state index in [0.29, 0.717) is 18.9 Å². The fourth-order valence-electron chi connectivity index (χ4n) is 2.31. The van der Waals surface area contributed by atoms with E-state index in [1.807, 2.05) is 4.90 Å². The van der Waals surface area contributed by atoms with Gasteiger partial charge in [-0.15, -0.1) is 0 Å². The van der Waals surface area contributed by atoms with Crippen LogP contribution in [0.2, 0.25) is 0 Å². The van der Waals surface area contributed by atoms with Crippen molar-refractivity contribution in [2.75, 3.05) is 19.7 Å². The van der Waals surface area contributed by atoms with E-state index in [9.17, 15) is 9.59 Å². The molecule has 2 amide bonds. The predicted molar refractivity (Wildman–Crippen MR) is 66.9 cm³/mol. The van der Waals surface area contributed by atoms with Crippen LogP contribution in [0.4, 0.5) is 0 Å². The zero-order valence-electron chi connectivity index (χ0n) is 11.1. The Morgan fingerprint density at radius 3 is 2.44 bits per heavy atom. The SMILES string of the molecule is CC(C)C[C@H](NC(=O)[C@@H]1CO1)C(=O)N1CCCC1. The minimum Gasteiger partial charge on any atom is -0.363 e. The van der Waals surface area contributed by atoms with E-state index < -0.39 is 0 Å². The number of epoxide rings is 1. The molecule has 18 heavy (non-hydrogen) atoms. The largest absolute Gasteiger partial charge is 0.363 e. The molecule has 2 aliphatic rings. The highest BCUT2D eigenvalue weighted by Crippen LogP contribution is 2.15. The predicted octanol–water partition coefficient (Wildman–Crippen LogP) is 0.539. The molecule has 0 radical (unpaired) electrons. The van der Waals surface area contributed by atoms with Crippen LogP contribution < -0.4 is 5.32 Å². The summed E-state index contributed by atoms with van der Waals surface area (Å²) in [6, 6.07) is -0.389. The zero-order chi connectivity index (χ0) is 13.1. The summed E-state index contributed by atoms with van der Waals surface area (Å²) in [5.74, 6) is 0.297. The number of amides is 2. The molecule has 2 aliphatic heterocycles. The molecule has 0 aromatic heterocycles. The summed E-state index contributed by atoms with van der Waals surface area (Å²) in [5.41, 5.74) is 0. The maximum atomic E-state index is 12.3. The molecule has 2 saturated heterocycles. The minimum absolute atomic E-state index is 0.0650. The normalized spacial score (nSPS) is 24.2. The first kappa shape index (κ1) is 13.3. The van der Waals surface area contributed by atoms with Gasteiger partial charge in [-0.3, -0.25) is 9.59 Å². The summed E-state index contributed by atoms with van der Waals surface area (Å²) in [4.78, 5) is 25.9. The highest BCUT2D eigenvalue weighted by Gasteiger charge is 2.35. The molecule has 102 valence electrons. The molecule has 0 aliphatic carbocycles. The second-order valence-electron chi connectivity index (χ2n) is 5.55. The fraction of sp³-hybridized carbons (Fsp3) is 0.846. The van der Waals surface area contributed by atoms with Gasteiger partial charge in [-0.25, -0.2) is 0 Å². The fourth-order valence-corrected chi connectivity index (χ4v) is 2.31. The van der Waals surface area contributed by atoms with Crippen LogP contribution >= 0.6 is 0 Å². The zero-order valence-corrected chi connectivity index (χ0v) is 11.1. The Hall–Kier alpha value is -1.10. The van der Waals surface area contributed by atoms with Gasteiger partial charge < -0.3 is 15.0 Å². The smallest absolute Gasteiger partial charge is 0.252 e. The number of likely N-dealkylation sites (tertiary alicyclic amines) is 1. The van der Waals surface area contributed by atoms with Gasteiger partial charge in [0.05, 0.1) is 6.61 Å². The number of hydrogen-bond donors (Lipinski definition) is 1. The first-order chi connectivity index (χ1) is 8.58. The van der Waals surface area contributed by atoms with Crippen molar-refractivity contribution in [1.29, 1.82) is 0 Å². The third-order valence-corrected chi connectivity index (χ3v) is 3.37. The van der Waals surface area contributed by atoms with Crippen molar-refractivity contribution in [3.05, 3.63) is 0 Å². The lowest BCUT2D eigenvalue weighted by atomic mass is 10.0. The third kappa shape index (κ3) is 3.45. The molecule has 0 aromatic carbocycles.